The number of hydrogen-bond donors (Lipinski definition) is 0. The van der Waals surface area contributed by atoms with Gasteiger partial charge in [0.15, 0.2) is 18.0 Å². The second kappa shape index (κ2) is 4.76. The summed E-state index contributed by atoms with van der Waals surface area (Å²) in [6.07, 6.45) is -0.655. The fraction of sp³-hybridized carbons (Fsp3) is 0.364. The highest BCUT2D eigenvalue weighted by atomic mass is 16.7. The number of ketones is 1. The van der Waals surface area contributed by atoms with Crippen LogP contribution in [0.4, 0.5) is 5.69 Å². The Morgan fingerprint density at radius 1 is 1.35 bits per heavy atom. The Hall–Kier alpha value is -2.71. The van der Waals surface area contributed by atoms with Crippen LogP contribution in [0.2, 0.25) is 0 Å². The van der Waals surface area contributed by atoms with Crippen LogP contribution in [-0.4, -0.2) is 21.9 Å². The van der Waals surface area contributed by atoms with Crippen LogP contribution in [-0.2, 0) is 9.53 Å². The first-order valence-corrected chi connectivity index (χ1v) is 5.57. The standard InChI is InChI=1S/C11H10N2O7/c1-5(14)9-6(2)20-11(13(17)18)10(9)8-3-7(4-19-8)12(15)16/h3-4,10-11H,1-2H3. The molecule has 0 fully saturated rings. The molecule has 1 aromatic heterocycles. The Kier molecular flexibility index (Phi) is 3.26. The van der Waals surface area contributed by atoms with Crippen molar-refractivity contribution in [3.05, 3.63) is 49.7 Å². The van der Waals surface area contributed by atoms with Crippen molar-refractivity contribution >= 4 is 11.5 Å². The summed E-state index contributed by atoms with van der Waals surface area (Å²) in [6.45, 7) is 2.68. The van der Waals surface area contributed by atoms with Crippen LogP contribution in [0.1, 0.15) is 25.5 Å². The zero-order chi connectivity index (χ0) is 15.0. The van der Waals surface area contributed by atoms with Crippen LogP contribution in [0, 0.1) is 20.2 Å². The summed E-state index contributed by atoms with van der Waals surface area (Å²) in [5.74, 6) is -1.41. The van der Waals surface area contributed by atoms with Gasteiger partial charge in [-0.3, -0.25) is 25.0 Å². The molecule has 0 aliphatic carbocycles. The van der Waals surface area contributed by atoms with E-state index in [4.69, 9.17) is 9.15 Å². The predicted octanol–water partition coefficient (Wildman–Crippen LogP) is 1.77. The smallest absolute Gasteiger partial charge is 0.367 e. The number of ether oxygens (including phenoxy) is 1. The molecule has 0 spiro atoms. The maximum atomic E-state index is 11.6. The molecule has 9 nitrogen and oxygen atoms in total. The summed E-state index contributed by atoms with van der Waals surface area (Å²) in [5.41, 5.74) is -0.245. The quantitative estimate of drug-likeness (QED) is 0.608. The number of hydrogen-bond acceptors (Lipinski definition) is 7. The van der Waals surface area contributed by atoms with E-state index in [1.165, 1.54) is 13.8 Å². The van der Waals surface area contributed by atoms with E-state index in [0.717, 1.165) is 12.3 Å². The molecule has 9 heteroatoms. The highest BCUT2D eigenvalue weighted by Crippen LogP contribution is 2.41. The van der Waals surface area contributed by atoms with Crippen LogP contribution in [0.3, 0.4) is 0 Å². The van der Waals surface area contributed by atoms with Gasteiger partial charge in [0.2, 0.25) is 0 Å². The Morgan fingerprint density at radius 3 is 2.45 bits per heavy atom. The molecule has 0 bridgehead atoms. The Bertz CT molecular complexity index is 630. The van der Waals surface area contributed by atoms with Crippen LogP contribution in [0.5, 0.6) is 0 Å². The fourth-order valence-electron chi connectivity index (χ4n) is 2.19. The Morgan fingerprint density at radius 2 is 2.00 bits per heavy atom. The van der Waals surface area contributed by atoms with Crippen molar-refractivity contribution in [2.45, 2.75) is 26.0 Å². The minimum atomic E-state index is -1.53. The monoisotopic (exact) mass is 282 g/mol. The molecule has 1 aliphatic rings. The predicted molar refractivity (Wildman–Crippen MR) is 63.4 cm³/mol. The third-order valence-corrected chi connectivity index (χ3v) is 2.98. The average molecular weight is 282 g/mol. The first kappa shape index (κ1) is 13.7. The molecule has 0 radical (unpaired) electrons. The third-order valence-electron chi connectivity index (χ3n) is 2.98. The second-order valence-corrected chi connectivity index (χ2v) is 4.26. The number of Topliss-reactive ketones (excluding diaryl/α,β-unsaturated/α-hetero) is 1. The fourth-order valence-corrected chi connectivity index (χ4v) is 2.19. The number of carbonyl (C=O) groups is 1. The van der Waals surface area contributed by atoms with Gasteiger partial charge in [-0.2, -0.15) is 0 Å². The molecule has 1 aliphatic heterocycles. The molecule has 20 heavy (non-hydrogen) atoms. The third kappa shape index (κ3) is 2.13. The number of nitro groups is 2. The SMILES string of the molecule is CC(=O)C1=C(C)OC([N+](=O)[O-])C1c1cc([N+](=O)[O-])co1. The highest BCUT2D eigenvalue weighted by molar-refractivity contribution is 5.95. The van der Waals surface area contributed by atoms with Gasteiger partial charge in [0, 0.05) is 0 Å². The molecule has 1 aromatic rings. The highest BCUT2D eigenvalue weighted by Gasteiger charge is 2.48. The molecule has 0 saturated carbocycles. The van der Waals surface area contributed by atoms with E-state index in [0.29, 0.717) is 0 Å². The lowest BCUT2D eigenvalue weighted by atomic mass is 9.93. The average Bonchev–Trinajstić information content (AvgIpc) is 2.91. The lowest BCUT2D eigenvalue weighted by molar-refractivity contribution is -0.570. The summed E-state index contributed by atoms with van der Waals surface area (Å²) in [5, 5.41) is 21.6. The molecule has 106 valence electrons. The molecular formula is C11H10N2O7. The summed E-state index contributed by atoms with van der Waals surface area (Å²) in [4.78, 5) is 31.9. The molecule has 2 rings (SSSR count). The molecule has 0 aromatic carbocycles. The summed E-state index contributed by atoms with van der Waals surface area (Å²) in [6, 6.07) is 1.06. The van der Waals surface area contributed by atoms with E-state index in [1.807, 2.05) is 0 Å². The van der Waals surface area contributed by atoms with E-state index in [-0.39, 0.29) is 22.8 Å². The van der Waals surface area contributed by atoms with Crippen molar-refractivity contribution < 1.29 is 23.8 Å². The van der Waals surface area contributed by atoms with Gasteiger partial charge in [-0.15, -0.1) is 0 Å². The zero-order valence-electron chi connectivity index (χ0n) is 10.6. The van der Waals surface area contributed by atoms with Crippen molar-refractivity contribution in [2.24, 2.45) is 0 Å². The van der Waals surface area contributed by atoms with E-state index in [2.05, 4.69) is 0 Å². The van der Waals surface area contributed by atoms with E-state index in [9.17, 15) is 25.0 Å². The summed E-state index contributed by atoms with van der Waals surface area (Å²) in [7, 11) is 0. The van der Waals surface area contributed by atoms with Gasteiger partial charge in [0.1, 0.15) is 11.5 Å². The van der Waals surface area contributed by atoms with Crippen molar-refractivity contribution in [1.29, 1.82) is 0 Å². The van der Waals surface area contributed by atoms with E-state index < -0.39 is 27.8 Å². The number of carbonyl (C=O) groups excluding carboxylic acids is 1. The number of furan rings is 1. The van der Waals surface area contributed by atoms with Gasteiger partial charge in [0.25, 0.3) is 0 Å². The molecule has 0 saturated heterocycles. The van der Waals surface area contributed by atoms with E-state index in [1.54, 1.807) is 0 Å². The molecular weight excluding hydrogens is 272 g/mol. The van der Waals surface area contributed by atoms with E-state index >= 15 is 0 Å². The van der Waals surface area contributed by atoms with Gasteiger partial charge >= 0.3 is 11.9 Å². The van der Waals surface area contributed by atoms with Crippen LogP contribution < -0.4 is 0 Å². The first-order valence-electron chi connectivity index (χ1n) is 5.57. The van der Waals surface area contributed by atoms with Crippen LogP contribution in [0.15, 0.2) is 28.1 Å². The van der Waals surface area contributed by atoms with Crippen LogP contribution in [0.25, 0.3) is 0 Å². The lowest BCUT2D eigenvalue weighted by Gasteiger charge is -2.10. The maximum Gasteiger partial charge on any atom is 0.367 e. The molecule has 0 amide bonds. The lowest BCUT2D eigenvalue weighted by Crippen LogP contribution is -2.27. The number of rotatable bonds is 4. The van der Waals surface area contributed by atoms with Gasteiger partial charge in [-0.1, -0.05) is 0 Å². The Labute approximate surface area is 112 Å². The number of nitrogens with zero attached hydrogens (tertiary/aromatic N) is 2. The molecule has 2 unspecified atom stereocenters. The van der Waals surface area contributed by atoms with Crippen molar-refractivity contribution in [3.8, 4) is 0 Å². The zero-order valence-corrected chi connectivity index (χ0v) is 10.6. The normalized spacial score (nSPS) is 21.7. The van der Waals surface area contributed by atoms with Crippen molar-refractivity contribution in [1.82, 2.24) is 0 Å². The molecule has 2 atom stereocenters. The minimum Gasteiger partial charge on any atom is -0.461 e. The topological polar surface area (TPSA) is 126 Å². The Balaban J connectivity index is 2.49. The van der Waals surface area contributed by atoms with Crippen molar-refractivity contribution in [3.63, 3.8) is 0 Å². The molecule has 0 N–H and O–H groups in total. The van der Waals surface area contributed by atoms with Gasteiger partial charge in [-0.05, 0) is 13.8 Å². The maximum absolute atomic E-state index is 11.6. The van der Waals surface area contributed by atoms with Gasteiger partial charge < -0.3 is 9.15 Å². The molecule has 2 heterocycles. The van der Waals surface area contributed by atoms with Crippen LogP contribution >= 0.6 is 0 Å². The summed E-state index contributed by atoms with van der Waals surface area (Å²) < 4.78 is 10.1. The minimum absolute atomic E-state index is 0.0412. The largest absolute Gasteiger partial charge is 0.461 e. The second-order valence-electron chi connectivity index (χ2n) is 4.26. The first-order chi connectivity index (χ1) is 9.32. The summed E-state index contributed by atoms with van der Waals surface area (Å²) >= 11 is 0. The van der Waals surface area contributed by atoms with Crippen molar-refractivity contribution in [2.75, 3.05) is 0 Å². The number of allylic oxidation sites excluding steroid dienone is 1. The van der Waals surface area contributed by atoms with Gasteiger partial charge in [-0.25, -0.2) is 0 Å². The van der Waals surface area contributed by atoms with Gasteiger partial charge in [0.05, 0.1) is 21.5 Å².